The molecule has 0 bridgehead atoms. The second-order valence-electron chi connectivity index (χ2n) is 5.43. The molecule has 0 aliphatic rings. The molecule has 0 aliphatic carbocycles. The summed E-state index contributed by atoms with van der Waals surface area (Å²) < 4.78 is 0. The minimum atomic E-state index is -0.772. The number of carboxylic acid groups (broad SMARTS) is 1. The van der Waals surface area contributed by atoms with Gasteiger partial charge in [-0.05, 0) is 24.7 Å². The maximum Gasteiger partial charge on any atom is 0.303 e. The number of nitrogens with one attached hydrogen (secondary N) is 1. The monoisotopic (exact) mass is 313 g/mol. The van der Waals surface area contributed by atoms with Gasteiger partial charge in [0.1, 0.15) is 0 Å². The first-order valence-corrected chi connectivity index (χ1v) is 7.94. The minimum Gasteiger partial charge on any atom is -0.481 e. The van der Waals surface area contributed by atoms with Crippen molar-refractivity contribution in [1.82, 2.24) is 10.3 Å². The third-order valence-electron chi connectivity index (χ3n) is 3.42. The maximum atomic E-state index is 11.8. The molecule has 1 amide bonds. The molecule has 118 valence electrons. The number of nitrogens with two attached hydrogens (primary N) is 1. The van der Waals surface area contributed by atoms with Crippen LogP contribution in [0.1, 0.15) is 38.8 Å². The molecule has 0 fully saturated rings. The van der Waals surface area contributed by atoms with Gasteiger partial charge in [0, 0.05) is 18.3 Å². The van der Waals surface area contributed by atoms with Gasteiger partial charge < -0.3 is 16.2 Å². The number of carboxylic acids is 1. The predicted molar refractivity (Wildman–Crippen MR) is 83.1 cm³/mol. The summed E-state index contributed by atoms with van der Waals surface area (Å²) in [5.41, 5.74) is 6.19. The number of nitrogen functional groups attached to an aromatic ring is 1. The molecule has 1 rings (SSSR count). The van der Waals surface area contributed by atoms with Crippen LogP contribution < -0.4 is 11.1 Å². The van der Waals surface area contributed by atoms with Gasteiger partial charge >= 0.3 is 5.97 Å². The number of anilines is 1. The standard InChI is InChI=1S/C14H23N3O3S/c1-9(2)10(3-4-13(19)20)5-6-16-12(18)7-11-8-21-14(15)17-11/h8-10H,3-7H2,1-2H3,(H2,15,17)(H,16,18)(H,19,20). The summed E-state index contributed by atoms with van der Waals surface area (Å²) in [6, 6.07) is 0. The highest BCUT2D eigenvalue weighted by atomic mass is 32.1. The van der Waals surface area contributed by atoms with Crippen molar-refractivity contribution in [3.63, 3.8) is 0 Å². The number of aromatic nitrogens is 1. The number of hydrogen-bond donors (Lipinski definition) is 3. The third kappa shape index (κ3) is 7.08. The summed E-state index contributed by atoms with van der Waals surface area (Å²) in [7, 11) is 0. The number of carbonyl (C=O) groups excluding carboxylic acids is 1. The van der Waals surface area contributed by atoms with Crippen LogP contribution in [0.4, 0.5) is 5.13 Å². The van der Waals surface area contributed by atoms with Gasteiger partial charge in [-0.2, -0.15) is 0 Å². The summed E-state index contributed by atoms with van der Waals surface area (Å²) in [5.74, 6) is -0.150. The molecule has 0 saturated carbocycles. The van der Waals surface area contributed by atoms with Crippen LogP contribution in [-0.4, -0.2) is 28.5 Å². The van der Waals surface area contributed by atoms with E-state index < -0.39 is 5.97 Å². The van der Waals surface area contributed by atoms with Crippen LogP contribution in [0.5, 0.6) is 0 Å². The van der Waals surface area contributed by atoms with Crippen LogP contribution in [0.2, 0.25) is 0 Å². The average Bonchev–Trinajstić information content (AvgIpc) is 2.78. The van der Waals surface area contributed by atoms with E-state index in [9.17, 15) is 9.59 Å². The molecule has 0 aliphatic heterocycles. The van der Waals surface area contributed by atoms with E-state index in [1.165, 1.54) is 11.3 Å². The van der Waals surface area contributed by atoms with E-state index in [0.29, 0.717) is 35.6 Å². The zero-order valence-electron chi connectivity index (χ0n) is 12.5. The molecule has 1 aromatic rings. The van der Waals surface area contributed by atoms with Crippen molar-refractivity contribution in [2.45, 2.75) is 39.5 Å². The Bertz CT molecular complexity index is 474. The van der Waals surface area contributed by atoms with Gasteiger partial charge in [0.05, 0.1) is 12.1 Å². The first kappa shape index (κ1) is 17.4. The normalized spacial score (nSPS) is 12.3. The van der Waals surface area contributed by atoms with Crippen LogP contribution >= 0.6 is 11.3 Å². The molecule has 0 aromatic carbocycles. The highest BCUT2D eigenvalue weighted by Crippen LogP contribution is 2.20. The molecule has 0 saturated heterocycles. The molecule has 1 aromatic heterocycles. The second-order valence-corrected chi connectivity index (χ2v) is 6.32. The van der Waals surface area contributed by atoms with Crippen molar-refractivity contribution in [1.29, 1.82) is 0 Å². The Balaban J connectivity index is 2.29. The van der Waals surface area contributed by atoms with Crippen molar-refractivity contribution in [2.75, 3.05) is 12.3 Å². The number of nitrogens with zero attached hydrogens (tertiary/aromatic N) is 1. The van der Waals surface area contributed by atoms with Crippen LogP contribution in [0.15, 0.2) is 5.38 Å². The first-order valence-electron chi connectivity index (χ1n) is 7.06. The lowest BCUT2D eigenvalue weighted by Gasteiger charge is -2.20. The lowest BCUT2D eigenvalue weighted by molar-refractivity contribution is -0.137. The van der Waals surface area contributed by atoms with Crippen LogP contribution in [0, 0.1) is 11.8 Å². The lowest BCUT2D eigenvalue weighted by Crippen LogP contribution is -2.28. The van der Waals surface area contributed by atoms with E-state index in [2.05, 4.69) is 24.1 Å². The molecule has 1 unspecified atom stereocenters. The summed E-state index contributed by atoms with van der Waals surface area (Å²) in [4.78, 5) is 26.4. The summed E-state index contributed by atoms with van der Waals surface area (Å²) in [5, 5.41) is 13.8. The molecule has 6 nitrogen and oxygen atoms in total. The van der Waals surface area contributed by atoms with Crippen LogP contribution in [0.3, 0.4) is 0 Å². The number of rotatable bonds is 9. The topological polar surface area (TPSA) is 105 Å². The molecular formula is C14H23N3O3S. The van der Waals surface area contributed by atoms with Crippen LogP contribution in [0.25, 0.3) is 0 Å². The second kappa shape index (κ2) is 8.61. The van der Waals surface area contributed by atoms with E-state index in [-0.39, 0.29) is 18.7 Å². The zero-order valence-corrected chi connectivity index (χ0v) is 13.3. The summed E-state index contributed by atoms with van der Waals surface area (Å²) in [6.07, 6.45) is 1.84. The molecule has 0 radical (unpaired) electrons. The highest BCUT2D eigenvalue weighted by molar-refractivity contribution is 7.13. The summed E-state index contributed by atoms with van der Waals surface area (Å²) >= 11 is 1.32. The van der Waals surface area contributed by atoms with Crippen molar-refractivity contribution >= 4 is 28.3 Å². The highest BCUT2D eigenvalue weighted by Gasteiger charge is 2.15. The SMILES string of the molecule is CC(C)C(CCNC(=O)Cc1csc(N)n1)CCC(=O)O. The maximum absolute atomic E-state index is 11.8. The fourth-order valence-corrected chi connectivity index (χ4v) is 2.71. The molecule has 0 spiro atoms. The average molecular weight is 313 g/mol. The van der Waals surface area contributed by atoms with Gasteiger partial charge in [0.15, 0.2) is 5.13 Å². The Morgan fingerprint density at radius 3 is 2.67 bits per heavy atom. The Morgan fingerprint density at radius 2 is 2.14 bits per heavy atom. The van der Waals surface area contributed by atoms with Gasteiger partial charge in [0.25, 0.3) is 0 Å². The van der Waals surface area contributed by atoms with Gasteiger partial charge in [-0.3, -0.25) is 9.59 Å². The van der Waals surface area contributed by atoms with Gasteiger partial charge in [-0.15, -0.1) is 11.3 Å². The fourth-order valence-electron chi connectivity index (χ4n) is 2.15. The molecule has 7 heteroatoms. The number of amides is 1. The molecule has 1 heterocycles. The number of thiazole rings is 1. The van der Waals surface area contributed by atoms with Crippen molar-refractivity contribution in [3.05, 3.63) is 11.1 Å². The Hall–Kier alpha value is -1.63. The zero-order chi connectivity index (χ0) is 15.8. The van der Waals surface area contributed by atoms with Gasteiger partial charge in [0.2, 0.25) is 5.91 Å². The Morgan fingerprint density at radius 1 is 1.43 bits per heavy atom. The quantitative estimate of drug-likeness (QED) is 0.646. The molecule has 1 atom stereocenters. The molecule has 4 N–H and O–H groups in total. The van der Waals surface area contributed by atoms with E-state index in [0.717, 1.165) is 6.42 Å². The third-order valence-corrected chi connectivity index (χ3v) is 4.14. The minimum absolute atomic E-state index is 0.0824. The number of aliphatic carboxylic acids is 1. The largest absolute Gasteiger partial charge is 0.481 e. The van der Waals surface area contributed by atoms with E-state index in [1.807, 2.05) is 0 Å². The van der Waals surface area contributed by atoms with Crippen molar-refractivity contribution in [2.24, 2.45) is 11.8 Å². The predicted octanol–water partition coefficient (Wildman–Crippen LogP) is 1.91. The Labute approximate surface area is 128 Å². The van der Waals surface area contributed by atoms with E-state index in [4.69, 9.17) is 10.8 Å². The lowest BCUT2D eigenvalue weighted by atomic mass is 9.88. The number of hydrogen-bond acceptors (Lipinski definition) is 5. The Kier molecular flexibility index (Phi) is 7.14. The van der Waals surface area contributed by atoms with Crippen molar-refractivity contribution < 1.29 is 14.7 Å². The van der Waals surface area contributed by atoms with E-state index >= 15 is 0 Å². The first-order chi connectivity index (χ1) is 9.88. The molecular weight excluding hydrogens is 290 g/mol. The van der Waals surface area contributed by atoms with Gasteiger partial charge in [-0.1, -0.05) is 13.8 Å². The van der Waals surface area contributed by atoms with Crippen molar-refractivity contribution in [3.8, 4) is 0 Å². The number of carbonyl (C=O) groups is 2. The van der Waals surface area contributed by atoms with Gasteiger partial charge in [-0.25, -0.2) is 4.98 Å². The molecule has 21 heavy (non-hydrogen) atoms. The summed E-state index contributed by atoms with van der Waals surface area (Å²) in [6.45, 7) is 4.71. The fraction of sp³-hybridized carbons (Fsp3) is 0.643. The van der Waals surface area contributed by atoms with E-state index in [1.54, 1.807) is 5.38 Å². The smallest absolute Gasteiger partial charge is 0.303 e. The van der Waals surface area contributed by atoms with Crippen LogP contribution in [-0.2, 0) is 16.0 Å².